The molecule has 5 nitrogen and oxygen atoms in total. The molecule has 0 spiro atoms. The second kappa shape index (κ2) is 8.16. The average Bonchev–Trinajstić information content (AvgIpc) is 3.33. The number of amides is 1. The fraction of sp³-hybridized carbons (Fsp3) is 0.190. The van der Waals surface area contributed by atoms with Gasteiger partial charge in [0.05, 0.1) is 16.4 Å². The first-order chi connectivity index (χ1) is 13.6. The molecule has 0 aliphatic rings. The van der Waals surface area contributed by atoms with Gasteiger partial charge in [-0.1, -0.05) is 36.0 Å². The summed E-state index contributed by atoms with van der Waals surface area (Å²) in [4.78, 5) is 17.2. The van der Waals surface area contributed by atoms with Crippen molar-refractivity contribution >= 4 is 45.0 Å². The van der Waals surface area contributed by atoms with Crippen LogP contribution in [0.3, 0.4) is 0 Å². The molecule has 4 rings (SSSR count). The highest BCUT2D eigenvalue weighted by Gasteiger charge is 2.11. The second-order valence-electron chi connectivity index (χ2n) is 6.64. The molecule has 142 valence electrons. The van der Waals surface area contributed by atoms with Gasteiger partial charge >= 0.3 is 0 Å². The third-order valence-corrected chi connectivity index (χ3v) is 6.50. The smallest absolute Gasteiger partial charge is 0.256 e. The van der Waals surface area contributed by atoms with Gasteiger partial charge in [0.25, 0.3) is 5.91 Å². The van der Waals surface area contributed by atoms with E-state index in [-0.39, 0.29) is 11.9 Å². The van der Waals surface area contributed by atoms with Gasteiger partial charge in [0.15, 0.2) is 4.34 Å². The summed E-state index contributed by atoms with van der Waals surface area (Å²) >= 11 is 3.43. The summed E-state index contributed by atoms with van der Waals surface area (Å²) in [6.45, 7) is 4.06. The van der Waals surface area contributed by atoms with Crippen LogP contribution in [0, 0.1) is 0 Å². The molecule has 2 aromatic heterocycles. The van der Waals surface area contributed by atoms with Gasteiger partial charge in [0, 0.05) is 23.4 Å². The first-order valence-corrected chi connectivity index (χ1v) is 10.8. The van der Waals surface area contributed by atoms with Gasteiger partial charge in [-0.05, 0) is 43.7 Å². The molecule has 2 aromatic carbocycles. The highest BCUT2D eigenvalue weighted by atomic mass is 32.2. The number of aromatic nitrogens is 3. The normalized spacial score (nSPS) is 11.2. The summed E-state index contributed by atoms with van der Waals surface area (Å²) < 4.78 is 4.06. The van der Waals surface area contributed by atoms with Crippen molar-refractivity contribution in [3.05, 3.63) is 71.9 Å². The van der Waals surface area contributed by atoms with Gasteiger partial charge < -0.3 is 5.32 Å². The first-order valence-electron chi connectivity index (χ1n) is 9.02. The van der Waals surface area contributed by atoms with E-state index in [9.17, 15) is 4.79 Å². The van der Waals surface area contributed by atoms with Crippen LogP contribution in [0.4, 0.5) is 5.82 Å². The van der Waals surface area contributed by atoms with E-state index in [0.717, 1.165) is 21.2 Å². The number of benzene rings is 2. The zero-order valence-corrected chi connectivity index (χ0v) is 17.3. The number of hydrogen-bond donors (Lipinski definition) is 1. The Bertz CT molecular complexity index is 1070. The summed E-state index contributed by atoms with van der Waals surface area (Å²) in [7, 11) is 0. The Morgan fingerprint density at radius 1 is 1.14 bits per heavy atom. The van der Waals surface area contributed by atoms with E-state index >= 15 is 0 Å². The third-order valence-electron chi connectivity index (χ3n) is 4.25. The molecule has 0 aliphatic carbocycles. The number of fused-ring (bicyclic) bond motifs is 1. The van der Waals surface area contributed by atoms with E-state index in [1.54, 1.807) is 40.0 Å². The Hall–Kier alpha value is -2.64. The number of anilines is 1. The molecule has 0 saturated heterocycles. The van der Waals surface area contributed by atoms with Crippen LogP contribution >= 0.6 is 23.1 Å². The number of nitrogens with one attached hydrogen (secondary N) is 1. The second-order valence-corrected chi connectivity index (χ2v) is 8.90. The minimum Gasteiger partial charge on any atom is -0.307 e. The van der Waals surface area contributed by atoms with Gasteiger partial charge in [-0.2, -0.15) is 5.10 Å². The zero-order valence-electron chi connectivity index (χ0n) is 15.6. The predicted molar refractivity (Wildman–Crippen MR) is 116 cm³/mol. The molecular formula is C21H20N4OS2. The zero-order chi connectivity index (χ0) is 19.5. The van der Waals surface area contributed by atoms with Crippen LogP contribution in [-0.4, -0.2) is 20.7 Å². The van der Waals surface area contributed by atoms with E-state index < -0.39 is 0 Å². The summed E-state index contributed by atoms with van der Waals surface area (Å²) in [5.41, 5.74) is 2.83. The van der Waals surface area contributed by atoms with Crippen molar-refractivity contribution < 1.29 is 4.79 Å². The number of thiazole rings is 1. The van der Waals surface area contributed by atoms with Gasteiger partial charge in [-0.3, -0.25) is 4.79 Å². The Morgan fingerprint density at radius 3 is 2.68 bits per heavy atom. The summed E-state index contributed by atoms with van der Waals surface area (Å²) in [5.74, 6) is 1.39. The lowest BCUT2D eigenvalue weighted by Crippen LogP contribution is -2.16. The fourth-order valence-corrected chi connectivity index (χ4v) is 4.85. The van der Waals surface area contributed by atoms with Crippen LogP contribution in [0.25, 0.3) is 10.2 Å². The Morgan fingerprint density at radius 2 is 1.93 bits per heavy atom. The molecule has 7 heteroatoms. The molecule has 0 aliphatic heterocycles. The lowest BCUT2D eigenvalue weighted by molar-refractivity contribution is 0.102. The van der Waals surface area contributed by atoms with Crippen LogP contribution in [-0.2, 0) is 5.75 Å². The Labute approximate surface area is 171 Å². The highest BCUT2D eigenvalue weighted by molar-refractivity contribution is 8.00. The van der Waals surface area contributed by atoms with Crippen molar-refractivity contribution in [3.63, 3.8) is 0 Å². The number of para-hydroxylation sites is 1. The highest BCUT2D eigenvalue weighted by Crippen LogP contribution is 2.31. The van der Waals surface area contributed by atoms with Gasteiger partial charge in [0.2, 0.25) is 0 Å². The molecule has 0 fully saturated rings. The van der Waals surface area contributed by atoms with Gasteiger partial charge in [0.1, 0.15) is 5.82 Å². The lowest BCUT2D eigenvalue weighted by atomic mass is 10.1. The predicted octanol–water partition coefficient (Wildman–Crippen LogP) is 5.62. The Kier molecular flexibility index (Phi) is 5.45. The molecule has 1 N–H and O–H groups in total. The number of hydrogen-bond acceptors (Lipinski definition) is 5. The van der Waals surface area contributed by atoms with Crippen LogP contribution in [0.2, 0.25) is 0 Å². The molecule has 0 atom stereocenters. The minimum atomic E-state index is -0.132. The van der Waals surface area contributed by atoms with Gasteiger partial charge in [-0.15, -0.1) is 11.3 Å². The molecule has 0 unspecified atom stereocenters. The van der Waals surface area contributed by atoms with E-state index in [1.807, 2.05) is 56.3 Å². The number of thioether (sulfide) groups is 1. The molecule has 28 heavy (non-hydrogen) atoms. The summed E-state index contributed by atoms with van der Waals surface area (Å²) in [6.07, 6.45) is 1.69. The van der Waals surface area contributed by atoms with Crippen LogP contribution in [0.15, 0.2) is 65.1 Å². The molecule has 2 heterocycles. The SMILES string of the molecule is CC(C)n1nccc1NC(=O)c1ccc(CSc2nc3ccccc3s2)cc1. The topological polar surface area (TPSA) is 59.8 Å². The third kappa shape index (κ3) is 4.10. The lowest BCUT2D eigenvalue weighted by Gasteiger charge is -2.12. The number of carbonyl (C=O) groups excluding carboxylic acids is 1. The van der Waals surface area contributed by atoms with Crippen molar-refractivity contribution in [2.24, 2.45) is 0 Å². The average molecular weight is 409 g/mol. The minimum absolute atomic E-state index is 0.132. The molecule has 4 aromatic rings. The van der Waals surface area contributed by atoms with Crippen molar-refractivity contribution in [2.75, 3.05) is 5.32 Å². The quantitative estimate of drug-likeness (QED) is 0.421. The van der Waals surface area contributed by atoms with E-state index in [4.69, 9.17) is 0 Å². The largest absolute Gasteiger partial charge is 0.307 e. The van der Waals surface area contributed by atoms with Crippen molar-refractivity contribution in [2.45, 2.75) is 30.0 Å². The Balaban J connectivity index is 1.39. The van der Waals surface area contributed by atoms with Crippen LogP contribution in [0.5, 0.6) is 0 Å². The molecule has 1 amide bonds. The first kappa shape index (κ1) is 18.7. The molecule has 0 radical (unpaired) electrons. The van der Waals surface area contributed by atoms with Crippen molar-refractivity contribution in [3.8, 4) is 0 Å². The summed E-state index contributed by atoms with van der Waals surface area (Å²) in [5, 5.41) is 7.17. The van der Waals surface area contributed by atoms with E-state index in [2.05, 4.69) is 21.5 Å². The standard InChI is InChI=1S/C21H20N4OS2/c1-14(2)25-19(11-12-22-25)24-20(26)16-9-7-15(8-10-16)13-27-21-23-17-5-3-4-6-18(17)28-21/h3-12,14H,13H2,1-2H3,(H,24,26). The maximum Gasteiger partial charge on any atom is 0.256 e. The van der Waals surface area contributed by atoms with E-state index in [0.29, 0.717) is 11.4 Å². The molecule has 0 saturated carbocycles. The van der Waals surface area contributed by atoms with Gasteiger partial charge in [-0.25, -0.2) is 9.67 Å². The van der Waals surface area contributed by atoms with Crippen LogP contribution in [0.1, 0.15) is 35.8 Å². The molecular weight excluding hydrogens is 388 g/mol. The maximum absolute atomic E-state index is 12.5. The van der Waals surface area contributed by atoms with Crippen molar-refractivity contribution in [1.29, 1.82) is 0 Å². The van der Waals surface area contributed by atoms with Crippen LogP contribution < -0.4 is 5.32 Å². The molecule has 0 bridgehead atoms. The summed E-state index contributed by atoms with van der Waals surface area (Å²) in [6, 6.07) is 17.9. The van der Waals surface area contributed by atoms with Crippen molar-refractivity contribution in [1.82, 2.24) is 14.8 Å². The number of carbonyl (C=O) groups is 1. The maximum atomic E-state index is 12.5. The fourth-order valence-electron chi connectivity index (χ4n) is 2.82. The number of nitrogens with zero attached hydrogens (tertiary/aromatic N) is 3. The van der Waals surface area contributed by atoms with E-state index in [1.165, 1.54) is 4.70 Å². The number of rotatable bonds is 6. The monoisotopic (exact) mass is 408 g/mol.